The summed E-state index contributed by atoms with van der Waals surface area (Å²) in [6, 6.07) is 45.6. The van der Waals surface area contributed by atoms with Gasteiger partial charge in [0.2, 0.25) is 0 Å². The molecule has 9 rings (SSSR count). The van der Waals surface area contributed by atoms with Crippen molar-refractivity contribution >= 4 is 43.5 Å². The number of furan rings is 1. The topological polar surface area (TPSA) is 13.1 Å². The fourth-order valence-corrected chi connectivity index (χ4v) is 6.85. The van der Waals surface area contributed by atoms with Crippen molar-refractivity contribution in [2.75, 3.05) is 0 Å². The third-order valence-electron chi connectivity index (χ3n) is 8.77. The lowest BCUT2D eigenvalue weighted by Gasteiger charge is -2.20. The summed E-state index contributed by atoms with van der Waals surface area (Å²) in [6.45, 7) is 0. The highest BCUT2D eigenvalue weighted by Gasteiger charge is 2.22. The van der Waals surface area contributed by atoms with Gasteiger partial charge in [-0.3, -0.25) is 0 Å². The van der Waals surface area contributed by atoms with Crippen LogP contribution in [0.5, 0.6) is 0 Å². The van der Waals surface area contributed by atoms with Gasteiger partial charge in [0, 0.05) is 16.3 Å². The molecule has 0 aliphatic heterocycles. The first-order valence-electron chi connectivity index (χ1n) is 17.5. The van der Waals surface area contributed by atoms with E-state index in [0.29, 0.717) is 22.1 Å². The number of hydrogen-bond donors (Lipinski definition) is 0. The van der Waals surface area contributed by atoms with Gasteiger partial charge in [0.1, 0.15) is 11.2 Å². The van der Waals surface area contributed by atoms with E-state index in [-0.39, 0.29) is 29.7 Å². The van der Waals surface area contributed by atoms with E-state index in [1.807, 2.05) is 78.9 Å². The molecule has 0 radical (unpaired) electrons. The minimum absolute atomic E-state index is 0.150. The van der Waals surface area contributed by atoms with Crippen LogP contribution in [-0.4, -0.2) is 0 Å². The van der Waals surface area contributed by atoms with Gasteiger partial charge in [0.05, 0.1) is 6.85 Å². The Morgan fingerprint density at radius 2 is 0.889 bits per heavy atom. The number of hydrogen-bond acceptors (Lipinski definition) is 1. The minimum atomic E-state index is -0.423. The van der Waals surface area contributed by atoms with Gasteiger partial charge in [-0.1, -0.05) is 152 Å². The Hall–Kier alpha value is -5.92. The SMILES string of the molecule is [2H]c1c([2H])c([2H])c(-c2c(-c3c4ccccc4c(-c4ccc(-c5ccccc5)cc4)c4ccccc34)ccc3oc4ccccc4c23)c([2H])c1[2H]. The maximum absolute atomic E-state index is 9.12. The molecule has 1 aromatic heterocycles. The van der Waals surface area contributed by atoms with Crippen LogP contribution in [0.2, 0.25) is 0 Å². The Labute approximate surface area is 268 Å². The standard InChI is InChI=1S/C44H28O/c1-3-13-29(14-4-1)30-23-25-32(26-24-30)41-33-17-7-9-19-35(33)43(36-20-10-8-18-34(36)41)38-27-28-40-44(37-21-11-12-22-39(37)45-40)42(38)31-15-5-2-6-16-31/h1-28H/i2D,5D,6D,15D,16D. The molecular weight excluding hydrogens is 544 g/mol. The number of rotatable bonds is 4. The van der Waals surface area contributed by atoms with Crippen molar-refractivity contribution in [2.45, 2.75) is 0 Å². The first kappa shape index (κ1) is 20.9. The summed E-state index contributed by atoms with van der Waals surface area (Å²) in [7, 11) is 0. The summed E-state index contributed by atoms with van der Waals surface area (Å²) in [4.78, 5) is 0. The molecule has 0 unspecified atom stereocenters. The van der Waals surface area contributed by atoms with E-state index in [4.69, 9.17) is 11.3 Å². The molecular formula is C44H28O. The average Bonchev–Trinajstić information content (AvgIpc) is 3.55. The van der Waals surface area contributed by atoms with E-state index in [9.17, 15) is 0 Å². The molecule has 0 fully saturated rings. The van der Waals surface area contributed by atoms with Gasteiger partial charge >= 0.3 is 0 Å². The highest BCUT2D eigenvalue weighted by atomic mass is 16.3. The van der Waals surface area contributed by atoms with Crippen LogP contribution < -0.4 is 0 Å². The fraction of sp³-hybridized carbons (Fsp3) is 0. The maximum atomic E-state index is 9.12. The lowest BCUT2D eigenvalue weighted by atomic mass is 9.82. The van der Waals surface area contributed by atoms with Crippen molar-refractivity contribution in [3.63, 3.8) is 0 Å². The molecule has 1 nitrogen and oxygen atoms in total. The molecule has 0 saturated heterocycles. The Bertz CT molecular complexity index is 2720. The van der Waals surface area contributed by atoms with Gasteiger partial charge in [0.15, 0.2) is 0 Å². The van der Waals surface area contributed by atoms with Crippen LogP contribution in [0.25, 0.3) is 88.0 Å². The van der Waals surface area contributed by atoms with Crippen LogP contribution in [0.1, 0.15) is 6.85 Å². The Morgan fingerprint density at radius 3 is 1.56 bits per heavy atom. The molecule has 1 heterocycles. The van der Waals surface area contributed by atoms with Crippen molar-refractivity contribution in [1.29, 1.82) is 0 Å². The zero-order valence-electron chi connectivity index (χ0n) is 29.2. The van der Waals surface area contributed by atoms with E-state index < -0.39 is 6.04 Å². The minimum Gasteiger partial charge on any atom is -0.456 e. The monoisotopic (exact) mass is 577 g/mol. The molecule has 0 aliphatic rings. The average molecular weight is 578 g/mol. The van der Waals surface area contributed by atoms with Crippen molar-refractivity contribution in [1.82, 2.24) is 0 Å². The lowest BCUT2D eigenvalue weighted by Crippen LogP contribution is -1.93. The molecule has 0 aliphatic carbocycles. The predicted molar refractivity (Wildman–Crippen MR) is 190 cm³/mol. The van der Waals surface area contributed by atoms with Crippen LogP contribution in [0.3, 0.4) is 0 Å². The molecule has 8 aromatic carbocycles. The second-order valence-electron chi connectivity index (χ2n) is 11.2. The molecule has 0 amide bonds. The van der Waals surface area contributed by atoms with E-state index in [1.165, 1.54) is 0 Å². The first-order valence-corrected chi connectivity index (χ1v) is 15.0. The molecule has 0 atom stereocenters. The van der Waals surface area contributed by atoms with Gasteiger partial charge in [0.25, 0.3) is 0 Å². The number of fused-ring (bicyclic) bond motifs is 5. The highest BCUT2D eigenvalue weighted by Crippen LogP contribution is 2.49. The number of para-hydroxylation sites is 1. The summed E-state index contributed by atoms with van der Waals surface area (Å²) in [5.41, 5.74) is 8.14. The fourth-order valence-electron chi connectivity index (χ4n) is 6.85. The molecule has 0 N–H and O–H groups in total. The van der Waals surface area contributed by atoms with Crippen molar-refractivity contribution < 1.29 is 11.3 Å². The molecule has 210 valence electrons. The summed E-state index contributed by atoms with van der Waals surface area (Å²) in [6.07, 6.45) is 0. The van der Waals surface area contributed by atoms with Crippen LogP contribution in [0.4, 0.5) is 0 Å². The van der Waals surface area contributed by atoms with Gasteiger partial charge < -0.3 is 4.42 Å². The molecule has 0 bridgehead atoms. The summed E-state index contributed by atoms with van der Waals surface area (Å²) >= 11 is 0. The van der Waals surface area contributed by atoms with Gasteiger partial charge in [-0.15, -0.1) is 0 Å². The molecule has 0 saturated carbocycles. The van der Waals surface area contributed by atoms with E-state index in [0.717, 1.165) is 60.3 Å². The molecule has 1 heteroatoms. The van der Waals surface area contributed by atoms with Gasteiger partial charge in [-0.2, -0.15) is 0 Å². The zero-order valence-corrected chi connectivity index (χ0v) is 24.2. The third-order valence-corrected chi connectivity index (χ3v) is 8.77. The van der Waals surface area contributed by atoms with Crippen LogP contribution >= 0.6 is 0 Å². The van der Waals surface area contributed by atoms with Gasteiger partial charge in [-0.05, 0) is 78.7 Å². The highest BCUT2D eigenvalue weighted by molar-refractivity contribution is 6.25. The Kier molecular flexibility index (Phi) is 4.81. The van der Waals surface area contributed by atoms with Crippen LogP contribution in [0.15, 0.2) is 174 Å². The van der Waals surface area contributed by atoms with Crippen LogP contribution in [0, 0.1) is 0 Å². The summed E-state index contributed by atoms with van der Waals surface area (Å²) < 4.78 is 50.1. The number of benzene rings is 8. The normalized spacial score (nSPS) is 13.1. The second kappa shape index (κ2) is 10.4. The van der Waals surface area contributed by atoms with Crippen molar-refractivity contribution in [3.8, 4) is 44.5 Å². The molecule has 0 spiro atoms. The van der Waals surface area contributed by atoms with Crippen molar-refractivity contribution in [2.24, 2.45) is 0 Å². The quantitative estimate of drug-likeness (QED) is 0.190. The Morgan fingerprint density at radius 1 is 0.356 bits per heavy atom. The van der Waals surface area contributed by atoms with E-state index >= 15 is 0 Å². The third kappa shape index (κ3) is 4.09. The summed E-state index contributed by atoms with van der Waals surface area (Å²) in [5, 5.41) is 5.62. The smallest absolute Gasteiger partial charge is 0.136 e. The second-order valence-corrected chi connectivity index (χ2v) is 11.2. The first-order chi connectivity index (χ1) is 24.4. The zero-order chi connectivity index (χ0) is 34.1. The maximum Gasteiger partial charge on any atom is 0.136 e. The van der Waals surface area contributed by atoms with E-state index in [2.05, 4.69) is 60.7 Å². The van der Waals surface area contributed by atoms with E-state index in [1.54, 1.807) is 0 Å². The molecule has 45 heavy (non-hydrogen) atoms. The summed E-state index contributed by atoms with van der Waals surface area (Å²) in [5.74, 6) is 0. The Balaban J connectivity index is 1.42. The van der Waals surface area contributed by atoms with Crippen LogP contribution in [-0.2, 0) is 0 Å². The molecule has 9 aromatic rings. The lowest BCUT2D eigenvalue weighted by molar-refractivity contribution is 0.669. The van der Waals surface area contributed by atoms with Gasteiger partial charge in [-0.25, -0.2) is 0 Å². The largest absolute Gasteiger partial charge is 0.456 e. The van der Waals surface area contributed by atoms with Crippen molar-refractivity contribution in [3.05, 3.63) is 170 Å². The predicted octanol–water partition coefficient (Wildman–Crippen LogP) is 12.6.